The topological polar surface area (TPSA) is 78.4 Å². The molecule has 1 N–H and O–H groups in total. The van der Waals surface area contributed by atoms with Crippen molar-refractivity contribution in [2.24, 2.45) is 5.92 Å². The fraction of sp³-hybridized carbons (Fsp3) is 0.478. The van der Waals surface area contributed by atoms with E-state index in [2.05, 4.69) is 25.1 Å². The molecule has 0 spiro atoms. The number of hydrogen-bond donors (Lipinski definition) is 1. The van der Waals surface area contributed by atoms with Crippen molar-refractivity contribution in [3.05, 3.63) is 42.4 Å². The Balaban J connectivity index is 1.36. The molecule has 1 amide bonds. The van der Waals surface area contributed by atoms with Gasteiger partial charge in [-0.25, -0.2) is 9.97 Å². The van der Waals surface area contributed by atoms with E-state index in [-0.39, 0.29) is 17.6 Å². The third-order valence-electron chi connectivity index (χ3n) is 6.09. The molecule has 1 aromatic carbocycles. The molecule has 0 aliphatic carbocycles. The number of aromatic nitrogens is 2. The van der Waals surface area contributed by atoms with Gasteiger partial charge in [0.25, 0.3) is 0 Å². The molecule has 0 radical (unpaired) electrons. The van der Waals surface area contributed by atoms with Crippen molar-refractivity contribution in [1.82, 2.24) is 9.97 Å². The average molecular weight is 408 g/mol. The highest BCUT2D eigenvalue weighted by molar-refractivity contribution is 5.96. The summed E-state index contributed by atoms with van der Waals surface area (Å²) < 4.78 is 0. The third kappa shape index (κ3) is 4.61. The predicted octanol–water partition coefficient (Wildman–Crippen LogP) is 3.52. The summed E-state index contributed by atoms with van der Waals surface area (Å²) in [5.74, 6) is 1.08. The van der Waals surface area contributed by atoms with Crippen LogP contribution >= 0.6 is 0 Å². The summed E-state index contributed by atoms with van der Waals surface area (Å²) in [6.07, 6.45) is 8.84. The minimum Gasteiger partial charge on any atom is -0.367 e. The highest BCUT2D eigenvalue weighted by atomic mass is 16.2. The van der Waals surface area contributed by atoms with Crippen LogP contribution < -0.4 is 15.1 Å². The molecule has 2 aromatic rings. The molecule has 0 saturated carbocycles. The molecule has 1 aromatic heterocycles. The molecule has 0 bridgehead atoms. The Labute approximate surface area is 177 Å². The van der Waals surface area contributed by atoms with Gasteiger partial charge in [0.05, 0.1) is 11.9 Å². The SMILES string of the molecule is CC(=O)c1ccc(NC(=O)C2CCN(c3cncnc3N3CCCCC3)CC2)cc1. The average Bonchev–Trinajstić information content (AvgIpc) is 2.80. The second-order valence-electron chi connectivity index (χ2n) is 8.16. The van der Waals surface area contributed by atoms with Gasteiger partial charge >= 0.3 is 0 Å². The van der Waals surface area contributed by atoms with Crippen molar-refractivity contribution in [2.75, 3.05) is 41.3 Å². The molecule has 158 valence electrons. The van der Waals surface area contributed by atoms with Crippen molar-refractivity contribution < 1.29 is 9.59 Å². The second-order valence-corrected chi connectivity index (χ2v) is 8.16. The van der Waals surface area contributed by atoms with E-state index >= 15 is 0 Å². The molecule has 7 heteroatoms. The number of nitrogens with one attached hydrogen (secondary N) is 1. The predicted molar refractivity (Wildman–Crippen MR) is 118 cm³/mol. The Morgan fingerprint density at radius 3 is 2.33 bits per heavy atom. The molecule has 2 aliphatic rings. The molecule has 4 rings (SSSR count). The number of Topliss-reactive ketones (excluding diaryl/α,β-unsaturated/α-hetero) is 1. The zero-order valence-corrected chi connectivity index (χ0v) is 17.5. The van der Waals surface area contributed by atoms with E-state index in [4.69, 9.17) is 0 Å². The van der Waals surface area contributed by atoms with Gasteiger partial charge in [-0.2, -0.15) is 0 Å². The Kier molecular flexibility index (Phi) is 6.26. The van der Waals surface area contributed by atoms with Crippen LogP contribution in [0.3, 0.4) is 0 Å². The number of nitrogens with zero attached hydrogens (tertiary/aromatic N) is 4. The van der Waals surface area contributed by atoms with Crippen molar-refractivity contribution in [2.45, 2.75) is 39.0 Å². The van der Waals surface area contributed by atoms with Crippen molar-refractivity contribution >= 4 is 28.9 Å². The normalized spacial score (nSPS) is 17.6. The maximum Gasteiger partial charge on any atom is 0.227 e. The van der Waals surface area contributed by atoms with E-state index in [0.717, 1.165) is 56.2 Å². The monoisotopic (exact) mass is 407 g/mol. The minimum atomic E-state index is -0.0169. The van der Waals surface area contributed by atoms with E-state index in [1.54, 1.807) is 30.6 Å². The number of rotatable bonds is 5. The van der Waals surface area contributed by atoms with Gasteiger partial charge in [0, 0.05) is 43.3 Å². The van der Waals surface area contributed by atoms with Gasteiger partial charge in [-0.3, -0.25) is 9.59 Å². The lowest BCUT2D eigenvalue weighted by Crippen LogP contribution is -2.40. The van der Waals surface area contributed by atoms with Gasteiger partial charge in [0.1, 0.15) is 6.33 Å². The fourth-order valence-corrected chi connectivity index (χ4v) is 4.30. The highest BCUT2D eigenvalue weighted by Gasteiger charge is 2.28. The molecular weight excluding hydrogens is 378 g/mol. The first-order valence-corrected chi connectivity index (χ1v) is 10.8. The van der Waals surface area contributed by atoms with Crippen LogP contribution in [0, 0.1) is 5.92 Å². The first-order chi connectivity index (χ1) is 14.6. The van der Waals surface area contributed by atoms with Crippen LogP contribution in [0.2, 0.25) is 0 Å². The van der Waals surface area contributed by atoms with Gasteiger partial charge in [-0.1, -0.05) is 0 Å². The molecular formula is C23H29N5O2. The van der Waals surface area contributed by atoms with Crippen LogP contribution in [0.5, 0.6) is 0 Å². The van der Waals surface area contributed by atoms with E-state index in [0.29, 0.717) is 5.56 Å². The van der Waals surface area contributed by atoms with Crippen molar-refractivity contribution in [3.8, 4) is 0 Å². The standard InChI is InChI=1S/C23H29N5O2/c1-17(29)18-5-7-20(8-6-18)26-23(30)19-9-13-27(14-10-19)21-15-24-16-25-22(21)28-11-3-2-4-12-28/h5-8,15-16,19H,2-4,9-14H2,1H3,(H,26,30). The molecule has 2 saturated heterocycles. The summed E-state index contributed by atoms with van der Waals surface area (Å²) in [5.41, 5.74) is 2.46. The smallest absolute Gasteiger partial charge is 0.227 e. The van der Waals surface area contributed by atoms with Crippen LogP contribution in [0.1, 0.15) is 49.4 Å². The van der Waals surface area contributed by atoms with Crippen LogP contribution in [-0.2, 0) is 4.79 Å². The molecule has 2 aliphatic heterocycles. The van der Waals surface area contributed by atoms with E-state index in [9.17, 15) is 9.59 Å². The van der Waals surface area contributed by atoms with Gasteiger partial charge in [-0.05, 0) is 63.3 Å². The number of carbonyl (C=O) groups excluding carboxylic acids is 2. The second kappa shape index (κ2) is 9.24. The van der Waals surface area contributed by atoms with Gasteiger partial charge in [0.2, 0.25) is 5.91 Å². The number of anilines is 3. The first-order valence-electron chi connectivity index (χ1n) is 10.8. The number of benzene rings is 1. The zero-order chi connectivity index (χ0) is 20.9. The summed E-state index contributed by atoms with van der Waals surface area (Å²) in [4.78, 5) is 37.6. The Bertz CT molecular complexity index is 885. The van der Waals surface area contributed by atoms with Crippen molar-refractivity contribution in [3.63, 3.8) is 0 Å². The quantitative estimate of drug-likeness (QED) is 0.764. The maximum absolute atomic E-state index is 12.7. The summed E-state index contributed by atoms with van der Waals surface area (Å²) >= 11 is 0. The number of amides is 1. The summed E-state index contributed by atoms with van der Waals surface area (Å²) in [7, 11) is 0. The molecule has 2 fully saturated rings. The lowest BCUT2D eigenvalue weighted by atomic mass is 9.95. The Morgan fingerprint density at radius 1 is 0.967 bits per heavy atom. The Hall–Kier alpha value is -2.96. The lowest BCUT2D eigenvalue weighted by molar-refractivity contribution is -0.120. The minimum absolute atomic E-state index is 0.0169. The van der Waals surface area contributed by atoms with Crippen LogP contribution in [-0.4, -0.2) is 47.8 Å². The van der Waals surface area contributed by atoms with E-state index in [1.807, 2.05) is 6.20 Å². The maximum atomic E-state index is 12.7. The highest BCUT2D eigenvalue weighted by Crippen LogP contribution is 2.31. The van der Waals surface area contributed by atoms with Gasteiger partial charge in [0.15, 0.2) is 11.6 Å². The van der Waals surface area contributed by atoms with E-state index in [1.165, 1.54) is 26.2 Å². The number of ketones is 1. The number of piperidine rings is 2. The summed E-state index contributed by atoms with van der Waals surface area (Å²) in [5, 5.41) is 2.99. The molecule has 0 unspecified atom stereocenters. The molecule has 7 nitrogen and oxygen atoms in total. The zero-order valence-electron chi connectivity index (χ0n) is 17.5. The fourth-order valence-electron chi connectivity index (χ4n) is 4.30. The molecule has 3 heterocycles. The van der Waals surface area contributed by atoms with Crippen LogP contribution in [0.25, 0.3) is 0 Å². The lowest BCUT2D eigenvalue weighted by Gasteiger charge is -2.36. The summed E-state index contributed by atoms with van der Waals surface area (Å²) in [6, 6.07) is 7.07. The first kappa shape index (κ1) is 20.3. The molecule has 0 atom stereocenters. The van der Waals surface area contributed by atoms with Gasteiger partial charge < -0.3 is 15.1 Å². The Morgan fingerprint density at radius 2 is 1.67 bits per heavy atom. The summed E-state index contributed by atoms with van der Waals surface area (Å²) in [6.45, 7) is 5.26. The number of hydrogen-bond acceptors (Lipinski definition) is 6. The van der Waals surface area contributed by atoms with Crippen LogP contribution in [0.4, 0.5) is 17.2 Å². The number of carbonyl (C=O) groups is 2. The third-order valence-corrected chi connectivity index (χ3v) is 6.09. The van der Waals surface area contributed by atoms with Gasteiger partial charge in [-0.15, -0.1) is 0 Å². The van der Waals surface area contributed by atoms with Crippen molar-refractivity contribution in [1.29, 1.82) is 0 Å². The molecule has 30 heavy (non-hydrogen) atoms. The largest absolute Gasteiger partial charge is 0.367 e. The van der Waals surface area contributed by atoms with E-state index < -0.39 is 0 Å². The van der Waals surface area contributed by atoms with Crippen LogP contribution in [0.15, 0.2) is 36.8 Å².